The monoisotopic (exact) mass is 401 g/mol. The standard InChI is InChI=1S/C18H19N5O4S/c1-12-5-2-3-7-14(12)27-10-15-20-18(23-22-15)28-11-16(24)21-17(25)19-9-13-6-4-8-26-13/h2-8H,9-11H2,1H3,(H,20,22,23)(H2,19,21,24,25). The minimum absolute atomic E-state index is 0.00408. The summed E-state index contributed by atoms with van der Waals surface area (Å²) in [6.45, 7) is 2.39. The number of ether oxygens (including phenoxy) is 1. The number of imide groups is 1. The number of carbonyl (C=O) groups is 2. The average Bonchev–Trinajstić information content (AvgIpc) is 3.36. The first-order valence-electron chi connectivity index (χ1n) is 8.43. The van der Waals surface area contributed by atoms with Crippen molar-refractivity contribution >= 4 is 23.7 Å². The Bertz CT molecular complexity index is 926. The molecule has 0 bridgehead atoms. The van der Waals surface area contributed by atoms with Crippen molar-refractivity contribution in [1.82, 2.24) is 25.8 Å². The number of rotatable bonds is 8. The van der Waals surface area contributed by atoms with Crippen LogP contribution in [0, 0.1) is 6.92 Å². The third-order valence-corrected chi connectivity index (χ3v) is 4.41. The van der Waals surface area contributed by atoms with Crippen molar-refractivity contribution in [2.45, 2.75) is 25.2 Å². The van der Waals surface area contributed by atoms with E-state index in [1.807, 2.05) is 31.2 Å². The minimum Gasteiger partial charge on any atom is -0.485 e. The molecule has 9 nitrogen and oxygen atoms in total. The lowest BCUT2D eigenvalue weighted by atomic mass is 10.2. The van der Waals surface area contributed by atoms with Gasteiger partial charge in [0, 0.05) is 0 Å². The number of hydrogen-bond donors (Lipinski definition) is 3. The first kappa shape index (κ1) is 19.5. The first-order chi connectivity index (χ1) is 13.6. The van der Waals surface area contributed by atoms with Crippen molar-refractivity contribution in [2.75, 3.05) is 5.75 Å². The number of amides is 3. The van der Waals surface area contributed by atoms with Gasteiger partial charge in [-0.05, 0) is 30.7 Å². The van der Waals surface area contributed by atoms with E-state index in [9.17, 15) is 9.59 Å². The molecule has 3 amide bonds. The number of benzene rings is 1. The Labute approximate surface area is 165 Å². The maximum absolute atomic E-state index is 11.8. The van der Waals surface area contributed by atoms with Crippen LogP contribution in [0.1, 0.15) is 17.1 Å². The van der Waals surface area contributed by atoms with Crippen LogP contribution in [0.3, 0.4) is 0 Å². The number of nitrogens with one attached hydrogen (secondary N) is 3. The summed E-state index contributed by atoms with van der Waals surface area (Å²) in [6.07, 6.45) is 1.51. The van der Waals surface area contributed by atoms with Crippen LogP contribution in [0.2, 0.25) is 0 Å². The molecule has 146 valence electrons. The summed E-state index contributed by atoms with van der Waals surface area (Å²) in [6, 6.07) is 10.5. The lowest BCUT2D eigenvalue weighted by Gasteiger charge is -2.06. The number of para-hydroxylation sites is 1. The average molecular weight is 401 g/mol. The molecule has 0 aliphatic heterocycles. The lowest BCUT2D eigenvalue weighted by molar-refractivity contribution is -0.117. The van der Waals surface area contributed by atoms with E-state index in [1.54, 1.807) is 12.1 Å². The van der Waals surface area contributed by atoms with Gasteiger partial charge in [0.2, 0.25) is 11.1 Å². The summed E-state index contributed by atoms with van der Waals surface area (Å²) in [5.74, 6) is 1.46. The smallest absolute Gasteiger partial charge is 0.321 e. The number of urea groups is 1. The maximum Gasteiger partial charge on any atom is 0.321 e. The zero-order valence-corrected chi connectivity index (χ0v) is 15.9. The Balaban J connectivity index is 1.38. The lowest BCUT2D eigenvalue weighted by Crippen LogP contribution is -2.39. The summed E-state index contributed by atoms with van der Waals surface area (Å²) < 4.78 is 10.8. The van der Waals surface area contributed by atoms with E-state index >= 15 is 0 Å². The third-order valence-electron chi connectivity index (χ3n) is 3.56. The number of H-pyrrole nitrogens is 1. The van der Waals surface area contributed by atoms with E-state index in [0.717, 1.165) is 23.1 Å². The number of aromatic amines is 1. The highest BCUT2D eigenvalue weighted by atomic mass is 32.2. The minimum atomic E-state index is -0.593. The Morgan fingerprint density at radius 2 is 2.11 bits per heavy atom. The molecule has 0 spiro atoms. The zero-order valence-electron chi connectivity index (χ0n) is 15.1. The summed E-state index contributed by atoms with van der Waals surface area (Å²) in [5, 5.41) is 11.9. The fraction of sp³-hybridized carbons (Fsp3) is 0.222. The van der Waals surface area contributed by atoms with E-state index in [4.69, 9.17) is 9.15 Å². The van der Waals surface area contributed by atoms with E-state index in [-0.39, 0.29) is 18.9 Å². The van der Waals surface area contributed by atoms with E-state index in [0.29, 0.717) is 16.7 Å². The Morgan fingerprint density at radius 1 is 1.25 bits per heavy atom. The number of aromatic nitrogens is 3. The molecule has 1 aromatic carbocycles. The van der Waals surface area contributed by atoms with Crippen LogP contribution in [-0.2, 0) is 17.9 Å². The third kappa shape index (κ3) is 5.88. The molecule has 2 aromatic heterocycles. The van der Waals surface area contributed by atoms with Crippen LogP contribution >= 0.6 is 11.8 Å². The summed E-state index contributed by atoms with van der Waals surface area (Å²) in [5.41, 5.74) is 1.03. The highest BCUT2D eigenvalue weighted by Crippen LogP contribution is 2.18. The summed E-state index contributed by atoms with van der Waals surface area (Å²) in [4.78, 5) is 27.8. The normalized spacial score (nSPS) is 10.5. The van der Waals surface area contributed by atoms with Crippen LogP contribution < -0.4 is 15.4 Å². The fourth-order valence-electron chi connectivity index (χ4n) is 2.19. The fourth-order valence-corrected chi connectivity index (χ4v) is 2.81. The largest absolute Gasteiger partial charge is 0.485 e. The molecule has 0 saturated heterocycles. The second kappa shape index (κ2) is 9.60. The SMILES string of the molecule is Cc1ccccc1OCc1nc(SCC(=O)NC(=O)NCc2ccco2)n[nH]1. The van der Waals surface area contributed by atoms with Gasteiger partial charge in [-0.3, -0.25) is 15.2 Å². The van der Waals surface area contributed by atoms with Gasteiger partial charge in [0.05, 0.1) is 18.6 Å². The Morgan fingerprint density at radius 3 is 2.89 bits per heavy atom. The molecule has 0 aliphatic rings. The van der Waals surface area contributed by atoms with Crippen LogP contribution in [0.25, 0.3) is 0 Å². The number of nitrogens with zero attached hydrogens (tertiary/aromatic N) is 2. The van der Waals surface area contributed by atoms with Crippen molar-refractivity contribution < 1.29 is 18.7 Å². The first-order valence-corrected chi connectivity index (χ1v) is 9.41. The number of hydrogen-bond acceptors (Lipinski definition) is 7. The highest BCUT2D eigenvalue weighted by molar-refractivity contribution is 7.99. The van der Waals surface area contributed by atoms with Gasteiger partial charge in [-0.15, -0.1) is 5.10 Å². The van der Waals surface area contributed by atoms with Crippen LogP contribution in [0.15, 0.2) is 52.2 Å². The predicted molar refractivity (Wildman–Crippen MR) is 102 cm³/mol. The molecule has 0 unspecified atom stereocenters. The molecule has 0 aliphatic carbocycles. The highest BCUT2D eigenvalue weighted by Gasteiger charge is 2.11. The maximum atomic E-state index is 11.8. The van der Waals surface area contributed by atoms with E-state index in [1.165, 1.54) is 6.26 Å². The second-order valence-corrected chi connectivity index (χ2v) is 6.66. The van der Waals surface area contributed by atoms with Crippen LogP contribution in [0.4, 0.5) is 4.79 Å². The molecule has 10 heteroatoms. The Kier molecular flexibility index (Phi) is 6.68. The van der Waals surface area contributed by atoms with Crippen molar-refractivity contribution in [3.05, 3.63) is 59.8 Å². The van der Waals surface area contributed by atoms with Gasteiger partial charge in [-0.1, -0.05) is 30.0 Å². The molecule has 0 saturated carbocycles. The van der Waals surface area contributed by atoms with Crippen molar-refractivity contribution in [3.63, 3.8) is 0 Å². The zero-order chi connectivity index (χ0) is 19.8. The molecule has 0 radical (unpaired) electrons. The summed E-state index contributed by atoms with van der Waals surface area (Å²) >= 11 is 1.11. The van der Waals surface area contributed by atoms with Gasteiger partial charge in [0.15, 0.2) is 5.82 Å². The number of aryl methyl sites for hydroxylation is 1. The number of thioether (sulfide) groups is 1. The van der Waals surface area contributed by atoms with Crippen LogP contribution in [-0.4, -0.2) is 32.9 Å². The molecular weight excluding hydrogens is 382 g/mol. The molecule has 2 heterocycles. The van der Waals surface area contributed by atoms with Gasteiger partial charge in [-0.25, -0.2) is 9.78 Å². The van der Waals surface area contributed by atoms with E-state index < -0.39 is 11.9 Å². The summed E-state index contributed by atoms with van der Waals surface area (Å²) in [7, 11) is 0. The molecule has 3 N–H and O–H groups in total. The number of furan rings is 1. The molecular formula is C18H19N5O4S. The molecule has 3 rings (SSSR count). The van der Waals surface area contributed by atoms with Gasteiger partial charge >= 0.3 is 6.03 Å². The van der Waals surface area contributed by atoms with Crippen molar-refractivity contribution in [2.24, 2.45) is 0 Å². The van der Waals surface area contributed by atoms with Crippen molar-refractivity contribution in [3.8, 4) is 5.75 Å². The Hall–Kier alpha value is -3.27. The van der Waals surface area contributed by atoms with Gasteiger partial charge in [-0.2, -0.15) is 0 Å². The van der Waals surface area contributed by atoms with Crippen molar-refractivity contribution in [1.29, 1.82) is 0 Å². The second-order valence-electron chi connectivity index (χ2n) is 5.72. The van der Waals surface area contributed by atoms with Gasteiger partial charge in [0.1, 0.15) is 18.1 Å². The van der Waals surface area contributed by atoms with Gasteiger partial charge < -0.3 is 14.5 Å². The predicted octanol–water partition coefficient (Wildman–Crippen LogP) is 2.40. The molecule has 0 atom stereocenters. The molecule has 3 aromatic rings. The quantitative estimate of drug-likeness (QED) is 0.495. The van der Waals surface area contributed by atoms with E-state index in [2.05, 4.69) is 25.8 Å². The molecule has 0 fully saturated rings. The molecule has 28 heavy (non-hydrogen) atoms. The van der Waals surface area contributed by atoms with Gasteiger partial charge in [0.25, 0.3) is 0 Å². The number of carbonyl (C=O) groups excluding carboxylic acids is 2. The van der Waals surface area contributed by atoms with Crippen LogP contribution in [0.5, 0.6) is 5.75 Å². The topological polar surface area (TPSA) is 122 Å².